The summed E-state index contributed by atoms with van der Waals surface area (Å²) in [5, 5.41) is 30.3. The molecule has 2 saturated heterocycles. The molecule has 0 spiro atoms. The van der Waals surface area contributed by atoms with Gasteiger partial charge in [-0.05, 0) is 211 Å². The molecule has 0 aliphatic carbocycles. The van der Waals surface area contributed by atoms with E-state index in [2.05, 4.69) is 44.9 Å². The van der Waals surface area contributed by atoms with E-state index in [0.717, 1.165) is 148 Å². The van der Waals surface area contributed by atoms with Crippen LogP contribution in [0.25, 0.3) is 21.8 Å². The third kappa shape index (κ3) is 14.3. The molecule has 8 rings (SSSR count). The van der Waals surface area contributed by atoms with Gasteiger partial charge in [-0.15, -0.1) is 0 Å². The Labute approximate surface area is 415 Å². The number of hydrogen-bond donors (Lipinski definition) is 4. The standard InChI is InChI=1S/C29H34F4N2O2.C29H37FN2O2/c1-37-22-7-8-26-24(16-22)23(20(17-30)18-35-26)5-3-9-29(10-12-34-13-11-29)27(36)6-2-4-19-14-21(31)15-25(32)28(19)33;1-34-25-12-13-28-27(18-25)26(24(19-30)20-32-28)6-2-4-21-8-10-22(11-9-21)5-3-7-29(33)23-14-16-31-17-15-23/h7-8,14-16,18,27,34,36H,2-6,9-13,17H2,1H3;8-13,18,20,23,29,31,33H,2-7,14-17,19H2,1H3. The van der Waals surface area contributed by atoms with Crippen molar-refractivity contribution in [1.82, 2.24) is 20.6 Å². The summed E-state index contributed by atoms with van der Waals surface area (Å²) in [5.74, 6) is -1.12. The molecule has 2 aromatic heterocycles. The number of aliphatic hydroxyl groups excluding tert-OH is 2. The third-order valence-corrected chi connectivity index (χ3v) is 15.0. The van der Waals surface area contributed by atoms with Gasteiger partial charge >= 0.3 is 0 Å². The molecule has 4 N–H and O–H groups in total. The highest BCUT2D eigenvalue weighted by atomic mass is 19.2. The number of nitrogens with zero attached hydrogens (tertiary/aromatic N) is 2. The minimum Gasteiger partial charge on any atom is -0.497 e. The molecule has 0 amide bonds. The van der Waals surface area contributed by atoms with Crippen LogP contribution in [-0.4, -0.2) is 72.8 Å². The van der Waals surface area contributed by atoms with Gasteiger partial charge in [-0.2, -0.15) is 0 Å². The van der Waals surface area contributed by atoms with E-state index >= 15 is 0 Å². The largest absolute Gasteiger partial charge is 0.497 e. The Hall–Kier alpha value is -5.21. The van der Waals surface area contributed by atoms with Crippen LogP contribution in [0.15, 0.2) is 85.2 Å². The van der Waals surface area contributed by atoms with E-state index in [4.69, 9.17) is 9.47 Å². The highest BCUT2D eigenvalue weighted by molar-refractivity contribution is 5.85. The average Bonchev–Trinajstić information content (AvgIpc) is 3.40. The fourth-order valence-corrected chi connectivity index (χ4v) is 10.8. The fourth-order valence-electron chi connectivity index (χ4n) is 10.8. The normalized spacial score (nSPS) is 15.8. The van der Waals surface area contributed by atoms with E-state index in [1.807, 2.05) is 36.4 Å². The second kappa shape index (κ2) is 26.5. The summed E-state index contributed by atoms with van der Waals surface area (Å²) >= 11 is 0. The number of pyridine rings is 2. The first-order valence-electron chi connectivity index (χ1n) is 25.5. The van der Waals surface area contributed by atoms with Gasteiger partial charge < -0.3 is 30.3 Å². The minimum atomic E-state index is -1.20. The average molecular weight is 983 g/mol. The molecular weight excluding hydrogens is 912 g/mol. The Morgan fingerprint density at radius 1 is 0.620 bits per heavy atom. The van der Waals surface area contributed by atoms with Crippen molar-refractivity contribution in [2.75, 3.05) is 40.4 Å². The lowest BCUT2D eigenvalue weighted by atomic mass is 9.69. The number of alkyl halides is 2. The molecule has 2 aliphatic rings. The van der Waals surface area contributed by atoms with Crippen molar-refractivity contribution in [3.05, 3.63) is 142 Å². The number of ether oxygens (including phenoxy) is 2. The monoisotopic (exact) mass is 983 g/mol. The summed E-state index contributed by atoms with van der Waals surface area (Å²) in [6, 6.07) is 21.8. The van der Waals surface area contributed by atoms with Crippen LogP contribution < -0.4 is 20.1 Å². The second-order valence-electron chi connectivity index (χ2n) is 19.5. The van der Waals surface area contributed by atoms with Gasteiger partial charge in [0.15, 0.2) is 11.6 Å². The molecule has 2 aliphatic heterocycles. The summed E-state index contributed by atoms with van der Waals surface area (Å²) in [6.07, 6.45) is 14.9. The highest BCUT2D eigenvalue weighted by Gasteiger charge is 2.38. The Morgan fingerprint density at radius 3 is 1.72 bits per heavy atom. The molecule has 0 bridgehead atoms. The van der Waals surface area contributed by atoms with Crippen molar-refractivity contribution >= 4 is 21.8 Å². The Kier molecular flexibility index (Phi) is 20.0. The third-order valence-electron chi connectivity index (χ3n) is 15.0. The van der Waals surface area contributed by atoms with Crippen LogP contribution in [0.4, 0.5) is 22.0 Å². The molecule has 6 aromatic rings. The van der Waals surface area contributed by atoms with E-state index in [0.29, 0.717) is 48.1 Å². The van der Waals surface area contributed by atoms with Crippen molar-refractivity contribution < 1.29 is 41.6 Å². The lowest BCUT2D eigenvalue weighted by Crippen LogP contribution is -2.44. The lowest BCUT2D eigenvalue weighted by Gasteiger charge is -2.42. The first kappa shape index (κ1) is 53.6. The number of aryl methyl sites for hydroxylation is 5. The van der Waals surface area contributed by atoms with Crippen molar-refractivity contribution in [2.24, 2.45) is 11.3 Å². The Bertz CT molecular complexity index is 2610. The summed E-state index contributed by atoms with van der Waals surface area (Å²) in [7, 11) is 3.24. The van der Waals surface area contributed by atoms with Gasteiger partial charge in [0.2, 0.25) is 0 Å². The zero-order valence-corrected chi connectivity index (χ0v) is 41.4. The van der Waals surface area contributed by atoms with Gasteiger partial charge in [0.1, 0.15) is 30.7 Å². The van der Waals surface area contributed by atoms with Crippen LogP contribution >= 0.6 is 0 Å². The molecule has 0 radical (unpaired) electrons. The molecular formula is C58H71F5N4O4. The number of halogens is 5. The Morgan fingerprint density at radius 2 is 1.15 bits per heavy atom. The van der Waals surface area contributed by atoms with E-state index in [9.17, 15) is 32.2 Å². The molecule has 8 nitrogen and oxygen atoms in total. The molecule has 4 aromatic carbocycles. The first-order valence-corrected chi connectivity index (χ1v) is 25.5. The number of hydrogen-bond acceptors (Lipinski definition) is 8. The summed E-state index contributed by atoms with van der Waals surface area (Å²) in [4.78, 5) is 8.80. The summed E-state index contributed by atoms with van der Waals surface area (Å²) < 4.78 is 79.3. The van der Waals surface area contributed by atoms with E-state index < -0.39 is 36.9 Å². The van der Waals surface area contributed by atoms with Gasteiger partial charge in [-0.25, -0.2) is 22.0 Å². The second-order valence-corrected chi connectivity index (χ2v) is 19.5. The molecule has 2 unspecified atom stereocenters. The molecule has 0 saturated carbocycles. The van der Waals surface area contributed by atoms with Gasteiger partial charge in [-0.3, -0.25) is 9.97 Å². The van der Waals surface area contributed by atoms with Crippen LogP contribution in [0.3, 0.4) is 0 Å². The molecule has 4 heterocycles. The molecule has 71 heavy (non-hydrogen) atoms. The number of methoxy groups -OCH3 is 2. The smallest absolute Gasteiger partial charge is 0.162 e. The van der Waals surface area contributed by atoms with Crippen LogP contribution in [0, 0.1) is 28.8 Å². The van der Waals surface area contributed by atoms with E-state index in [1.54, 1.807) is 26.6 Å². The van der Waals surface area contributed by atoms with Gasteiger partial charge in [0, 0.05) is 40.4 Å². The quantitative estimate of drug-likeness (QED) is 0.0393. The molecule has 382 valence electrons. The minimum absolute atomic E-state index is 0.0113. The summed E-state index contributed by atoms with van der Waals surface area (Å²) in [5.41, 5.74) is 7.13. The number of aromatic nitrogens is 2. The number of fused-ring (bicyclic) bond motifs is 2. The topological polar surface area (TPSA) is 109 Å². The van der Waals surface area contributed by atoms with E-state index in [1.165, 1.54) is 11.1 Å². The van der Waals surface area contributed by atoms with Crippen molar-refractivity contribution in [3.8, 4) is 11.5 Å². The predicted molar refractivity (Wildman–Crippen MR) is 272 cm³/mol. The van der Waals surface area contributed by atoms with E-state index in [-0.39, 0.29) is 23.5 Å². The number of piperidine rings is 2. The molecule has 2 fully saturated rings. The number of benzene rings is 4. The predicted octanol–water partition coefficient (Wildman–Crippen LogP) is 11.8. The first-order chi connectivity index (χ1) is 34.5. The lowest BCUT2D eigenvalue weighted by molar-refractivity contribution is -0.0132. The molecule has 13 heteroatoms. The zero-order valence-electron chi connectivity index (χ0n) is 41.4. The summed E-state index contributed by atoms with van der Waals surface area (Å²) in [6.45, 7) is 2.52. The van der Waals surface area contributed by atoms with Crippen LogP contribution in [0.2, 0.25) is 0 Å². The van der Waals surface area contributed by atoms with Crippen molar-refractivity contribution in [3.63, 3.8) is 0 Å². The van der Waals surface area contributed by atoms with Crippen molar-refractivity contribution in [2.45, 2.75) is 128 Å². The van der Waals surface area contributed by atoms with Crippen LogP contribution in [0.1, 0.15) is 110 Å². The SMILES string of the molecule is COc1ccc2ncc(CF)c(CCCC3(C(O)CCCc4cc(F)cc(F)c4F)CCNCC3)c2c1.COc1ccc2ncc(CF)c(CCCc3ccc(CCCC(O)C4CCNCC4)cc3)c2c1. The number of aliphatic hydroxyl groups is 2. The highest BCUT2D eigenvalue weighted by Crippen LogP contribution is 2.41. The Balaban J connectivity index is 0.000000209. The zero-order chi connectivity index (χ0) is 50.2. The number of rotatable bonds is 22. The molecule has 2 atom stereocenters. The fraction of sp³-hybridized carbons (Fsp3) is 0.483. The number of nitrogens with one attached hydrogen (secondary N) is 2. The van der Waals surface area contributed by atoms with Gasteiger partial charge in [0.25, 0.3) is 0 Å². The van der Waals surface area contributed by atoms with Gasteiger partial charge in [0.05, 0.1) is 37.5 Å². The maximum atomic E-state index is 14.0. The maximum Gasteiger partial charge on any atom is 0.162 e. The van der Waals surface area contributed by atoms with Crippen LogP contribution in [-0.2, 0) is 45.5 Å². The maximum absolute atomic E-state index is 14.0. The van der Waals surface area contributed by atoms with Crippen LogP contribution in [0.5, 0.6) is 11.5 Å². The van der Waals surface area contributed by atoms with Gasteiger partial charge in [-0.1, -0.05) is 24.3 Å². The van der Waals surface area contributed by atoms with Crippen molar-refractivity contribution in [1.29, 1.82) is 0 Å².